The summed E-state index contributed by atoms with van der Waals surface area (Å²) in [6.45, 7) is 3.82. The fourth-order valence-electron chi connectivity index (χ4n) is 3.45. The van der Waals surface area contributed by atoms with Gasteiger partial charge in [-0.05, 0) is 38.4 Å². The first-order valence-corrected chi connectivity index (χ1v) is 8.80. The van der Waals surface area contributed by atoms with Crippen LogP contribution in [0.4, 0.5) is 0 Å². The van der Waals surface area contributed by atoms with E-state index in [0.717, 1.165) is 30.9 Å². The minimum atomic E-state index is -0.862. The van der Waals surface area contributed by atoms with Crippen LogP contribution in [0.2, 0.25) is 0 Å². The van der Waals surface area contributed by atoms with E-state index in [4.69, 9.17) is 4.52 Å². The standard InChI is InChI=1S/C18H22N6O2/c1-14-20-17(26-22-14)10-18(25)8-5-9-23(12-18)11-16-19-13-24(21-16)15-6-3-2-4-7-15/h2-4,6-7,13,25H,5,8-12H2,1H3. The second kappa shape index (κ2) is 6.97. The van der Waals surface area contributed by atoms with Gasteiger partial charge in [0, 0.05) is 6.54 Å². The molecule has 0 radical (unpaired) electrons. The Kier molecular flexibility index (Phi) is 4.52. The van der Waals surface area contributed by atoms with Crippen molar-refractivity contribution in [1.29, 1.82) is 0 Å². The van der Waals surface area contributed by atoms with Crippen LogP contribution < -0.4 is 0 Å². The monoisotopic (exact) mass is 354 g/mol. The van der Waals surface area contributed by atoms with Crippen molar-refractivity contribution < 1.29 is 9.63 Å². The second-order valence-electron chi connectivity index (χ2n) is 6.89. The van der Waals surface area contributed by atoms with E-state index in [0.29, 0.717) is 31.2 Å². The summed E-state index contributed by atoms with van der Waals surface area (Å²) in [6, 6.07) is 9.90. The fourth-order valence-corrected chi connectivity index (χ4v) is 3.45. The molecule has 1 aromatic carbocycles. The van der Waals surface area contributed by atoms with E-state index < -0.39 is 5.60 Å². The molecule has 0 spiro atoms. The summed E-state index contributed by atoms with van der Waals surface area (Å²) in [5, 5.41) is 19.3. The quantitative estimate of drug-likeness (QED) is 0.742. The molecule has 0 aliphatic carbocycles. The topological polar surface area (TPSA) is 93.1 Å². The van der Waals surface area contributed by atoms with E-state index in [1.54, 1.807) is 17.9 Å². The van der Waals surface area contributed by atoms with E-state index in [1.807, 2.05) is 30.3 Å². The molecule has 0 amide bonds. The number of rotatable bonds is 5. The first-order chi connectivity index (χ1) is 12.6. The van der Waals surface area contributed by atoms with Crippen molar-refractivity contribution in [3.05, 3.63) is 54.2 Å². The maximum absolute atomic E-state index is 11.0. The maximum Gasteiger partial charge on any atom is 0.229 e. The van der Waals surface area contributed by atoms with Crippen LogP contribution in [0.25, 0.3) is 5.69 Å². The van der Waals surface area contributed by atoms with Crippen molar-refractivity contribution >= 4 is 0 Å². The number of aliphatic hydroxyl groups is 1. The van der Waals surface area contributed by atoms with Crippen molar-refractivity contribution in [1.82, 2.24) is 29.8 Å². The number of benzene rings is 1. The predicted molar refractivity (Wildman–Crippen MR) is 93.6 cm³/mol. The smallest absolute Gasteiger partial charge is 0.229 e. The molecule has 3 aromatic rings. The molecule has 3 heterocycles. The molecule has 1 aliphatic rings. The van der Waals surface area contributed by atoms with Crippen LogP contribution >= 0.6 is 0 Å². The van der Waals surface area contributed by atoms with Gasteiger partial charge in [0.15, 0.2) is 11.6 Å². The number of piperidine rings is 1. The van der Waals surface area contributed by atoms with Crippen molar-refractivity contribution in [2.24, 2.45) is 0 Å². The van der Waals surface area contributed by atoms with Crippen LogP contribution in [0.15, 0.2) is 41.2 Å². The molecule has 26 heavy (non-hydrogen) atoms. The number of likely N-dealkylation sites (tertiary alicyclic amines) is 1. The number of aromatic nitrogens is 5. The largest absolute Gasteiger partial charge is 0.388 e. The van der Waals surface area contributed by atoms with E-state index in [9.17, 15) is 5.11 Å². The van der Waals surface area contributed by atoms with Crippen LogP contribution in [-0.2, 0) is 13.0 Å². The van der Waals surface area contributed by atoms with Crippen LogP contribution in [0, 0.1) is 6.92 Å². The molecule has 0 saturated carbocycles. The van der Waals surface area contributed by atoms with Gasteiger partial charge in [0.05, 0.1) is 24.3 Å². The lowest BCUT2D eigenvalue weighted by atomic mass is 9.89. The SMILES string of the molecule is Cc1noc(CC2(O)CCCN(Cc3ncn(-c4ccccc4)n3)C2)n1. The van der Waals surface area contributed by atoms with Crippen LogP contribution in [0.1, 0.15) is 30.4 Å². The maximum atomic E-state index is 11.0. The van der Waals surface area contributed by atoms with Crippen molar-refractivity contribution in [3.63, 3.8) is 0 Å². The summed E-state index contributed by atoms with van der Waals surface area (Å²) in [7, 11) is 0. The minimum Gasteiger partial charge on any atom is -0.388 e. The zero-order valence-electron chi connectivity index (χ0n) is 14.7. The Morgan fingerprint density at radius 3 is 2.88 bits per heavy atom. The van der Waals surface area contributed by atoms with E-state index in [1.165, 1.54) is 0 Å². The van der Waals surface area contributed by atoms with Gasteiger partial charge in [-0.1, -0.05) is 23.4 Å². The number of aryl methyl sites for hydroxylation is 1. The van der Waals surface area contributed by atoms with E-state index >= 15 is 0 Å². The molecule has 1 unspecified atom stereocenters. The number of hydrogen-bond donors (Lipinski definition) is 1. The number of para-hydroxylation sites is 1. The molecule has 0 bridgehead atoms. The van der Waals surface area contributed by atoms with Crippen molar-refractivity contribution in [2.75, 3.05) is 13.1 Å². The third-order valence-electron chi connectivity index (χ3n) is 4.61. The average molecular weight is 354 g/mol. The van der Waals surface area contributed by atoms with Gasteiger partial charge in [-0.25, -0.2) is 9.67 Å². The molecular formula is C18H22N6O2. The molecule has 8 nitrogen and oxygen atoms in total. The average Bonchev–Trinajstić information content (AvgIpc) is 3.24. The number of hydrogen-bond acceptors (Lipinski definition) is 7. The molecule has 1 fully saturated rings. The Balaban J connectivity index is 1.41. The van der Waals surface area contributed by atoms with E-state index in [-0.39, 0.29) is 0 Å². The molecule has 8 heteroatoms. The first-order valence-electron chi connectivity index (χ1n) is 8.80. The Labute approximate surface area is 151 Å². The van der Waals surface area contributed by atoms with Gasteiger partial charge >= 0.3 is 0 Å². The predicted octanol–water partition coefficient (Wildman–Crippen LogP) is 1.53. The highest BCUT2D eigenvalue weighted by Gasteiger charge is 2.35. The zero-order valence-corrected chi connectivity index (χ0v) is 14.7. The van der Waals surface area contributed by atoms with Gasteiger partial charge < -0.3 is 9.63 Å². The van der Waals surface area contributed by atoms with Gasteiger partial charge in [0.2, 0.25) is 5.89 Å². The normalized spacial score (nSPS) is 21.2. The summed E-state index contributed by atoms with van der Waals surface area (Å²) in [5.74, 6) is 1.82. The second-order valence-corrected chi connectivity index (χ2v) is 6.89. The third kappa shape index (κ3) is 3.81. The molecule has 1 N–H and O–H groups in total. The molecule has 2 aromatic heterocycles. The van der Waals surface area contributed by atoms with Crippen molar-refractivity contribution in [2.45, 2.75) is 38.3 Å². The van der Waals surface area contributed by atoms with Gasteiger partial charge in [-0.15, -0.1) is 5.10 Å². The summed E-state index contributed by atoms with van der Waals surface area (Å²) >= 11 is 0. The van der Waals surface area contributed by atoms with Gasteiger partial charge in [-0.3, -0.25) is 4.90 Å². The highest BCUT2D eigenvalue weighted by atomic mass is 16.5. The summed E-state index contributed by atoms with van der Waals surface area (Å²) in [5.41, 5.74) is 0.118. The minimum absolute atomic E-state index is 0.371. The summed E-state index contributed by atoms with van der Waals surface area (Å²) in [4.78, 5) is 10.8. The molecule has 4 rings (SSSR count). The van der Waals surface area contributed by atoms with Crippen molar-refractivity contribution in [3.8, 4) is 5.69 Å². The fraction of sp³-hybridized carbons (Fsp3) is 0.444. The van der Waals surface area contributed by atoms with Gasteiger partial charge in [0.25, 0.3) is 0 Å². The van der Waals surface area contributed by atoms with Crippen LogP contribution in [0.3, 0.4) is 0 Å². The Bertz CT molecular complexity index is 861. The van der Waals surface area contributed by atoms with Crippen LogP contribution in [-0.4, -0.2) is 53.6 Å². The van der Waals surface area contributed by atoms with Gasteiger partial charge in [-0.2, -0.15) is 4.98 Å². The Hall–Kier alpha value is -2.58. The molecular weight excluding hydrogens is 332 g/mol. The van der Waals surface area contributed by atoms with E-state index in [2.05, 4.69) is 25.1 Å². The number of nitrogens with zero attached hydrogens (tertiary/aromatic N) is 6. The number of β-amino-alcohol motifs (C(OH)–C–C–N with tert-alkyl or cyclic N) is 1. The lowest BCUT2D eigenvalue weighted by Gasteiger charge is -2.38. The Morgan fingerprint density at radius 2 is 2.12 bits per heavy atom. The zero-order chi connectivity index (χ0) is 18.0. The molecule has 136 valence electrons. The molecule has 1 atom stereocenters. The van der Waals surface area contributed by atoms with Gasteiger partial charge in [0.1, 0.15) is 6.33 Å². The highest BCUT2D eigenvalue weighted by molar-refractivity contribution is 5.29. The summed E-state index contributed by atoms with van der Waals surface area (Å²) < 4.78 is 6.94. The Morgan fingerprint density at radius 1 is 1.27 bits per heavy atom. The first kappa shape index (κ1) is 16.9. The molecule has 1 saturated heterocycles. The summed E-state index contributed by atoms with van der Waals surface area (Å²) in [6.07, 6.45) is 3.72. The van der Waals surface area contributed by atoms with Crippen LogP contribution in [0.5, 0.6) is 0 Å². The lowest BCUT2D eigenvalue weighted by molar-refractivity contribution is -0.0379. The highest BCUT2D eigenvalue weighted by Crippen LogP contribution is 2.25. The third-order valence-corrected chi connectivity index (χ3v) is 4.61. The molecule has 1 aliphatic heterocycles. The lowest BCUT2D eigenvalue weighted by Crippen LogP contribution is -2.49.